The van der Waals surface area contributed by atoms with Gasteiger partial charge in [0.25, 0.3) is 0 Å². The molecule has 0 amide bonds. The molecule has 0 atom stereocenters. The predicted octanol–water partition coefficient (Wildman–Crippen LogP) is 3.25. The van der Waals surface area contributed by atoms with Gasteiger partial charge in [-0.05, 0) is 49.2 Å². The highest BCUT2D eigenvalue weighted by Gasteiger charge is 1.99. The van der Waals surface area contributed by atoms with Crippen LogP contribution in [0.15, 0.2) is 41.5 Å². The predicted molar refractivity (Wildman–Crippen MR) is 101 cm³/mol. The van der Waals surface area contributed by atoms with E-state index in [0.717, 1.165) is 17.1 Å². The van der Waals surface area contributed by atoms with Crippen LogP contribution in [0.4, 0.5) is 5.69 Å². The zero-order valence-corrected chi connectivity index (χ0v) is 15.3. The Morgan fingerprint density at radius 1 is 1.23 bits per heavy atom. The fourth-order valence-electron chi connectivity index (χ4n) is 2.03. The lowest BCUT2D eigenvalue weighted by atomic mass is 10.1. The maximum absolute atomic E-state index is 5.90. The molecule has 1 aromatic carbocycles. The second-order valence-corrected chi connectivity index (χ2v) is 4.89. The number of nitrogens with zero attached hydrogens (tertiary/aromatic N) is 2. The van der Waals surface area contributed by atoms with Crippen LogP contribution in [0.3, 0.4) is 0 Å². The Kier molecular flexibility index (Phi) is 7.10. The van der Waals surface area contributed by atoms with Gasteiger partial charge in [0.05, 0.1) is 25.5 Å². The van der Waals surface area contributed by atoms with Crippen molar-refractivity contribution in [1.29, 1.82) is 0 Å². The number of aromatic nitrogens is 1. The van der Waals surface area contributed by atoms with Gasteiger partial charge in [0.2, 0.25) is 0 Å². The summed E-state index contributed by atoms with van der Waals surface area (Å²) in [6.07, 6.45) is 1.67. The highest BCUT2D eigenvalue weighted by atomic mass is 127. The number of rotatable bonds is 4. The Morgan fingerprint density at radius 2 is 1.91 bits per heavy atom. The molecule has 0 aliphatic heterocycles. The number of hydrogen-bond donors (Lipinski definition) is 2. The molecule has 5 nitrogen and oxygen atoms in total. The van der Waals surface area contributed by atoms with E-state index in [1.807, 2.05) is 38.1 Å². The number of aliphatic imine (C=N–C) groups is 1. The minimum atomic E-state index is 0. The summed E-state index contributed by atoms with van der Waals surface area (Å²) in [5.41, 5.74) is 10.0. The van der Waals surface area contributed by atoms with E-state index in [4.69, 9.17) is 10.5 Å². The number of nitrogens with one attached hydrogen (secondary N) is 1. The Balaban J connectivity index is 0.00000242. The number of halogens is 1. The average Bonchev–Trinajstić information content (AvgIpc) is 2.44. The molecule has 6 heteroatoms. The van der Waals surface area contributed by atoms with Crippen molar-refractivity contribution in [2.24, 2.45) is 10.7 Å². The maximum atomic E-state index is 5.90. The highest BCUT2D eigenvalue weighted by molar-refractivity contribution is 14.0. The summed E-state index contributed by atoms with van der Waals surface area (Å²) < 4.78 is 5.06. The zero-order chi connectivity index (χ0) is 15.2. The third kappa shape index (κ3) is 5.51. The second kappa shape index (κ2) is 8.57. The van der Waals surface area contributed by atoms with Gasteiger partial charge < -0.3 is 15.8 Å². The molecule has 0 unspecified atom stereocenters. The van der Waals surface area contributed by atoms with Crippen molar-refractivity contribution in [3.63, 3.8) is 0 Å². The van der Waals surface area contributed by atoms with Crippen molar-refractivity contribution in [3.05, 3.63) is 53.3 Å². The summed E-state index contributed by atoms with van der Waals surface area (Å²) in [5.74, 6) is 1.10. The van der Waals surface area contributed by atoms with E-state index in [9.17, 15) is 0 Å². The monoisotopic (exact) mass is 412 g/mol. The van der Waals surface area contributed by atoms with Gasteiger partial charge in [0.15, 0.2) is 5.96 Å². The summed E-state index contributed by atoms with van der Waals surface area (Å²) in [7, 11) is 1.61. The van der Waals surface area contributed by atoms with Gasteiger partial charge in [-0.2, -0.15) is 0 Å². The van der Waals surface area contributed by atoms with Gasteiger partial charge in [0.1, 0.15) is 5.75 Å². The maximum Gasteiger partial charge on any atom is 0.193 e. The molecule has 22 heavy (non-hydrogen) atoms. The molecule has 0 bridgehead atoms. The van der Waals surface area contributed by atoms with Gasteiger partial charge in [0, 0.05) is 5.69 Å². The fourth-order valence-corrected chi connectivity index (χ4v) is 2.03. The van der Waals surface area contributed by atoms with Crippen LogP contribution in [0.5, 0.6) is 5.75 Å². The van der Waals surface area contributed by atoms with Gasteiger partial charge in [-0.1, -0.05) is 6.07 Å². The fraction of sp³-hybridized carbons (Fsp3) is 0.250. The molecule has 0 aliphatic rings. The molecule has 0 fully saturated rings. The lowest BCUT2D eigenvalue weighted by molar-refractivity contribution is 0.412. The average molecular weight is 412 g/mol. The lowest BCUT2D eigenvalue weighted by Crippen LogP contribution is -2.22. The number of methoxy groups -OCH3 is 1. The third-order valence-corrected chi connectivity index (χ3v) is 2.94. The van der Waals surface area contributed by atoms with Crippen LogP contribution in [-0.4, -0.2) is 18.1 Å². The minimum absolute atomic E-state index is 0. The summed E-state index contributed by atoms with van der Waals surface area (Å²) in [6, 6.07) is 9.89. The normalized spacial score (nSPS) is 10.8. The van der Waals surface area contributed by atoms with E-state index < -0.39 is 0 Å². The van der Waals surface area contributed by atoms with Crippen molar-refractivity contribution >= 4 is 35.6 Å². The first-order chi connectivity index (χ1) is 10.1. The van der Waals surface area contributed by atoms with Gasteiger partial charge in [-0.3, -0.25) is 4.98 Å². The first-order valence-corrected chi connectivity index (χ1v) is 6.71. The summed E-state index contributed by atoms with van der Waals surface area (Å²) in [4.78, 5) is 8.53. The number of aryl methyl sites for hydroxylation is 2. The number of anilines is 1. The van der Waals surface area contributed by atoms with Gasteiger partial charge in [-0.25, -0.2) is 4.99 Å². The summed E-state index contributed by atoms with van der Waals surface area (Å²) in [5, 5.41) is 3.09. The molecular formula is C16H21IN4O. The number of nitrogens with two attached hydrogens (primary N) is 1. The number of benzene rings is 1. The highest BCUT2D eigenvalue weighted by Crippen LogP contribution is 2.13. The lowest BCUT2D eigenvalue weighted by Gasteiger charge is -2.08. The van der Waals surface area contributed by atoms with E-state index in [0.29, 0.717) is 12.5 Å². The van der Waals surface area contributed by atoms with E-state index in [-0.39, 0.29) is 24.0 Å². The van der Waals surface area contributed by atoms with Crippen LogP contribution >= 0.6 is 24.0 Å². The quantitative estimate of drug-likeness (QED) is 0.460. The van der Waals surface area contributed by atoms with Gasteiger partial charge in [-0.15, -0.1) is 24.0 Å². The standard InChI is InChI=1S/C16H20N4O.HI/c1-11-6-12(2)8-14(7-11)20-16(17)19-9-13-4-5-15(21-3)10-18-13;/h4-8,10H,9H2,1-3H3,(H3,17,19,20);1H. The molecule has 1 heterocycles. The third-order valence-electron chi connectivity index (χ3n) is 2.94. The molecule has 0 saturated heterocycles. The van der Waals surface area contributed by atoms with Crippen LogP contribution in [-0.2, 0) is 6.54 Å². The molecule has 3 N–H and O–H groups in total. The number of guanidine groups is 1. The Hall–Kier alpha value is -1.83. The van der Waals surface area contributed by atoms with Crippen molar-refractivity contribution < 1.29 is 4.74 Å². The number of hydrogen-bond acceptors (Lipinski definition) is 3. The molecule has 2 aromatic rings. The van der Waals surface area contributed by atoms with E-state index in [2.05, 4.69) is 21.4 Å². The number of pyridine rings is 1. The van der Waals surface area contributed by atoms with Crippen molar-refractivity contribution in [3.8, 4) is 5.75 Å². The summed E-state index contributed by atoms with van der Waals surface area (Å²) in [6.45, 7) is 4.52. The van der Waals surface area contributed by atoms with E-state index >= 15 is 0 Å². The number of ether oxygens (including phenoxy) is 1. The molecule has 0 saturated carbocycles. The second-order valence-electron chi connectivity index (χ2n) is 4.89. The van der Waals surface area contributed by atoms with Crippen LogP contribution in [0, 0.1) is 13.8 Å². The Morgan fingerprint density at radius 3 is 2.45 bits per heavy atom. The molecule has 0 spiro atoms. The van der Waals surface area contributed by atoms with E-state index in [1.165, 1.54) is 11.1 Å². The van der Waals surface area contributed by atoms with Gasteiger partial charge >= 0.3 is 0 Å². The molecule has 0 radical (unpaired) electrons. The Bertz CT molecular complexity index is 621. The van der Waals surface area contributed by atoms with Crippen LogP contribution in [0.25, 0.3) is 0 Å². The van der Waals surface area contributed by atoms with Crippen LogP contribution in [0.2, 0.25) is 0 Å². The minimum Gasteiger partial charge on any atom is -0.495 e. The van der Waals surface area contributed by atoms with E-state index in [1.54, 1.807) is 13.3 Å². The molecule has 118 valence electrons. The molecule has 1 aromatic heterocycles. The Labute approximate surface area is 148 Å². The topological polar surface area (TPSA) is 72.5 Å². The van der Waals surface area contributed by atoms with Crippen molar-refractivity contribution in [2.45, 2.75) is 20.4 Å². The summed E-state index contributed by atoms with van der Waals surface area (Å²) >= 11 is 0. The SMILES string of the molecule is COc1ccc(CN=C(N)Nc2cc(C)cc(C)c2)nc1.I. The van der Waals surface area contributed by atoms with Crippen molar-refractivity contribution in [1.82, 2.24) is 4.98 Å². The first kappa shape index (κ1) is 18.2. The van der Waals surface area contributed by atoms with Crippen molar-refractivity contribution in [2.75, 3.05) is 12.4 Å². The zero-order valence-electron chi connectivity index (χ0n) is 13.0. The largest absolute Gasteiger partial charge is 0.495 e. The first-order valence-electron chi connectivity index (χ1n) is 6.71. The van der Waals surface area contributed by atoms with Crippen LogP contribution < -0.4 is 15.8 Å². The molecular weight excluding hydrogens is 391 g/mol. The smallest absolute Gasteiger partial charge is 0.193 e. The molecule has 2 rings (SSSR count). The molecule has 0 aliphatic carbocycles. The van der Waals surface area contributed by atoms with Crippen LogP contribution in [0.1, 0.15) is 16.8 Å².